The van der Waals surface area contributed by atoms with Gasteiger partial charge >= 0.3 is 0 Å². The molecular formula is C12H21N5O2. The van der Waals surface area contributed by atoms with Gasteiger partial charge in [-0.2, -0.15) is 0 Å². The number of anilines is 2. The number of ether oxygens (including phenoxy) is 1. The average molecular weight is 267 g/mol. The van der Waals surface area contributed by atoms with E-state index in [1.54, 1.807) is 13.4 Å². The maximum absolute atomic E-state index is 8.95. The SMILES string of the molecule is CNc1ncnc(N2CCN(CCO)CC2)c1OC. The number of nitrogens with one attached hydrogen (secondary N) is 1. The minimum Gasteiger partial charge on any atom is -0.490 e. The predicted molar refractivity (Wildman–Crippen MR) is 73.9 cm³/mol. The highest BCUT2D eigenvalue weighted by molar-refractivity contribution is 5.64. The molecule has 2 rings (SSSR count). The van der Waals surface area contributed by atoms with Gasteiger partial charge in [0.15, 0.2) is 11.6 Å². The van der Waals surface area contributed by atoms with Gasteiger partial charge in [0, 0.05) is 39.8 Å². The number of nitrogens with zero attached hydrogens (tertiary/aromatic N) is 4. The summed E-state index contributed by atoms with van der Waals surface area (Å²) in [6.45, 7) is 4.52. The summed E-state index contributed by atoms with van der Waals surface area (Å²) in [6.07, 6.45) is 1.55. The van der Waals surface area contributed by atoms with Crippen LogP contribution >= 0.6 is 0 Å². The Morgan fingerprint density at radius 1 is 1.32 bits per heavy atom. The number of aliphatic hydroxyl groups is 1. The number of β-amino-alcohol motifs (C(OH)–C–C–N with tert-alkyl or cyclic N) is 1. The lowest BCUT2D eigenvalue weighted by Crippen LogP contribution is -2.47. The van der Waals surface area contributed by atoms with Crippen LogP contribution in [-0.4, -0.2) is 73.5 Å². The monoisotopic (exact) mass is 267 g/mol. The molecule has 7 nitrogen and oxygen atoms in total. The van der Waals surface area contributed by atoms with Crippen LogP contribution in [0.3, 0.4) is 0 Å². The molecule has 0 spiro atoms. The van der Waals surface area contributed by atoms with Crippen molar-refractivity contribution in [3.63, 3.8) is 0 Å². The summed E-state index contributed by atoms with van der Waals surface area (Å²) in [5, 5.41) is 12.0. The highest BCUT2D eigenvalue weighted by Crippen LogP contribution is 2.31. The largest absolute Gasteiger partial charge is 0.490 e. The van der Waals surface area contributed by atoms with Gasteiger partial charge in [-0.3, -0.25) is 4.90 Å². The zero-order chi connectivity index (χ0) is 13.7. The number of hydrogen-bond acceptors (Lipinski definition) is 7. The average Bonchev–Trinajstić information content (AvgIpc) is 2.47. The van der Waals surface area contributed by atoms with Crippen LogP contribution in [0.4, 0.5) is 11.6 Å². The second-order valence-electron chi connectivity index (χ2n) is 4.38. The summed E-state index contributed by atoms with van der Waals surface area (Å²) in [6, 6.07) is 0. The van der Waals surface area contributed by atoms with Crippen molar-refractivity contribution in [2.24, 2.45) is 0 Å². The number of aliphatic hydroxyl groups excluding tert-OH is 1. The van der Waals surface area contributed by atoms with Crippen LogP contribution in [0.5, 0.6) is 5.75 Å². The first kappa shape index (κ1) is 13.8. The zero-order valence-electron chi connectivity index (χ0n) is 11.5. The molecule has 0 amide bonds. The molecule has 1 aliphatic rings. The molecule has 106 valence electrons. The maximum atomic E-state index is 8.95. The van der Waals surface area contributed by atoms with Crippen LogP contribution in [0.1, 0.15) is 0 Å². The third kappa shape index (κ3) is 3.05. The molecule has 2 heterocycles. The third-order valence-electron chi connectivity index (χ3n) is 3.31. The van der Waals surface area contributed by atoms with E-state index < -0.39 is 0 Å². The minimum absolute atomic E-state index is 0.209. The van der Waals surface area contributed by atoms with Gasteiger partial charge in [0.2, 0.25) is 5.75 Å². The van der Waals surface area contributed by atoms with E-state index in [9.17, 15) is 0 Å². The normalized spacial score (nSPS) is 16.5. The summed E-state index contributed by atoms with van der Waals surface area (Å²) < 4.78 is 5.41. The Kier molecular flexibility index (Phi) is 4.75. The summed E-state index contributed by atoms with van der Waals surface area (Å²) >= 11 is 0. The highest BCUT2D eigenvalue weighted by Gasteiger charge is 2.22. The van der Waals surface area contributed by atoms with E-state index >= 15 is 0 Å². The number of hydrogen-bond donors (Lipinski definition) is 2. The molecule has 7 heteroatoms. The lowest BCUT2D eigenvalue weighted by Gasteiger charge is -2.35. The fraction of sp³-hybridized carbons (Fsp3) is 0.667. The molecule has 2 N–H and O–H groups in total. The van der Waals surface area contributed by atoms with Crippen molar-refractivity contribution < 1.29 is 9.84 Å². The van der Waals surface area contributed by atoms with Gasteiger partial charge in [-0.05, 0) is 0 Å². The van der Waals surface area contributed by atoms with Crippen molar-refractivity contribution in [3.05, 3.63) is 6.33 Å². The van der Waals surface area contributed by atoms with Crippen LogP contribution in [-0.2, 0) is 0 Å². The van der Waals surface area contributed by atoms with Crippen molar-refractivity contribution >= 4 is 11.6 Å². The quantitative estimate of drug-likeness (QED) is 0.754. The Morgan fingerprint density at radius 3 is 2.63 bits per heavy atom. The van der Waals surface area contributed by atoms with Crippen LogP contribution in [0.25, 0.3) is 0 Å². The molecule has 1 aromatic heterocycles. The summed E-state index contributed by atoms with van der Waals surface area (Å²) in [5.41, 5.74) is 0. The van der Waals surface area contributed by atoms with Crippen LogP contribution < -0.4 is 15.0 Å². The van der Waals surface area contributed by atoms with Gasteiger partial charge in [0.05, 0.1) is 13.7 Å². The molecule has 1 aromatic rings. The van der Waals surface area contributed by atoms with Crippen molar-refractivity contribution in [3.8, 4) is 5.75 Å². The number of methoxy groups -OCH3 is 1. The molecule has 0 aromatic carbocycles. The molecule has 0 aliphatic carbocycles. The summed E-state index contributed by atoms with van der Waals surface area (Å²) in [7, 11) is 3.44. The molecular weight excluding hydrogens is 246 g/mol. The van der Waals surface area contributed by atoms with Gasteiger partial charge in [-0.25, -0.2) is 9.97 Å². The maximum Gasteiger partial charge on any atom is 0.204 e. The summed E-state index contributed by atoms with van der Waals surface area (Å²) in [4.78, 5) is 12.9. The van der Waals surface area contributed by atoms with Crippen LogP contribution in [0.2, 0.25) is 0 Å². The van der Waals surface area contributed by atoms with Gasteiger partial charge in [0.1, 0.15) is 6.33 Å². The molecule has 0 radical (unpaired) electrons. The Morgan fingerprint density at radius 2 is 2.05 bits per heavy atom. The standard InChI is InChI=1S/C12H21N5O2/c1-13-11-10(19-2)12(15-9-14-11)17-5-3-16(4-6-17)7-8-18/h9,18H,3-8H2,1-2H3,(H,13,14,15). The molecule has 0 bridgehead atoms. The lowest BCUT2D eigenvalue weighted by atomic mass is 10.3. The van der Waals surface area contributed by atoms with E-state index in [0.717, 1.165) is 38.5 Å². The van der Waals surface area contributed by atoms with E-state index in [1.165, 1.54) is 0 Å². The Labute approximate surface area is 113 Å². The fourth-order valence-electron chi connectivity index (χ4n) is 2.28. The molecule has 0 unspecified atom stereocenters. The molecule has 1 saturated heterocycles. The zero-order valence-corrected chi connectivity index (χ0v) is 11.5. The predicted octanol–water partition coefficient (Wildman–Crippen LogP) is -0.359. The number of aromatic nitrogens is 2. The van der Waals surface area contributed by atoms with Gasteiger partial charge in [-0.15, -0.1) is 0 Å². The Hall–Kier alpha value is -1.60. The van der Waals surface area contributed by atoms with Crippen LogP contribution in [0.15, 0.2) is 6.33 Å². The smallest absolute Gasteiger partial charge is 0.204 e. The van der Waals surface area contributed by atoms with Crippen molar-refractivity contribution in [2.45, 2.75) is 0 Å². The van der Waals surface area contributed by atoms with Crippen molar-refractivity contribution in [1.29, 1.82) is 0 Å². The van der Waals surface area contributed by atoms with Crippen LogP contribution in [0, 0.1) is 0 Å². The number of piperazine rings is 1. The first-order valence-corrected chi connectivity index (χ1v) is 6.45. The summed E-state index contributed by atoms with van der Waals surface area (Å²) in [5.74, 6) is 2.20. The first-order chi connectivity index (χ1) is 9.30. The van der Waals surface area contributed by atoms with E-state index in [0.29, 0.717) is 11.6 Å². The molecule has 0 saturated carbocycles. The van der Waals surface area contributed by atoms with E-state index in [1.807, 2.05) is 7.05 Å². The van der Waals surface area contributed by atoms with Gasteiger partial charge in [0.25, 0.3) is 0 Å². The Balaban J connectivity index is 2.11. The minimum atomic E-state index is 0.209. The topological polar surface area (TPSA) is 73.8 Å². The highest BCUT2D eigenvalue weighted by atomic mass is 16.5. The van der Waals surface area contributed by atoms with E-state index in [-0.39, 0.29) is 6.61 Å². The van der Waals surface area contributed by atoms with E-state index in [4.69, 9.17) is 9.84 Å². The second kappa shape index (κ2) is 6.53. The second-order valence-corrected chi connectivity index (χ2v) is 4.38. The first-order valence-electron chi connectivity index (χ1n) is 6.45. The molecule has 19 heavy (non-hydrogen) atoms. The molecule has 1 fully saturated rings. The lowest BCUT2D eigenvalue weighted by molar-refractivity contribution is 0.188. The van der Waals surface area contributed by atoms with Crippen molar-refractivity contribution in [2.75, 3.05) is 63.7 Å². The fourth-order valence-corrected chi connectivity index (χ4v) is 2.28. The van der Waals surface area contributed by atoms with Crippen molar-refractivity contribution in [1.82, 2.24) is 14.9 Å². The third-order valence-corrected chi connectivity index (χ3v) is 3.31. The van der Waals surface area contributed by atoms with Gasteiger partial charge in [-0.1, -0.05) is 0 Å². The number of rotatable bonds is 5. The van der Waals surface area contributed by atoms with E-state index in [2.05, 4.69) is 25.1 Å². The molecule has 1 aliphatic heterocycles. The Bertz CT molecular complexity index is 407. The van der Waals surface area contributed by atoms with Gasteiger partial charge < -0.3 is 20.1 Å². The molecule has 0 atom stereocenters.